The Morgan fingerprint density at radius 2 is 1.84 bits per heavy atom. The topological polar surface area (TPSA) is 77.1 Å². The van der Waals surface area contributed by atoms with Crippen molar-refractivity contribution in [2.24, 2.45) is 0 Å². The summed E-state index contributed by atoms with van der Waals surface area (Å²) >= 11 is 0. The number of rotatable bonds is 10. The van der Waals surface area contributed by atoms with Gasteiger partial charge in [-0.05, 0) is 55.2 Å². The maximum absolute atomic E-state index is 13.3. The third-order valence-corrected chi connectivity index (χ3v) is 5.46. The van der Waals surface area contributed by atoms with E-state index in [0.717, 1.165) is 22.6 Å². The molecule has 0 aliphatic carbocycles. The molecule has 0 saturated heterocycles. The Kier molecular flexibility index (Phi) is 8.36. The van der Waals surface area contributed by atoms with Gasteiger partial charge in [0, 0.05) is 19.5 Å². The summed E-state index contributed by atoms with van der Waals surface area (Å²) in [6, 6.07) is 12.8. The zero-order chi connectivity index (χ0) is 22.9. The summed E-state index contributed by atoms with van der Waals surface area (Å²) in [4.78, 5) is 27.7. The lowest BCUT2D eigenvalue weighted by atomic mass is 10.1. The Morgan fingerprint density at radius 3 is 2.56 bits per heavy atom. The molecule has 2 aromatic carbocycles. The Bertz CT molecular complexity index is 930. The van der Waals surface area contributed by atoms with Crippen molar-refractivity contribution in [2.45, 2.75) is 45.7 Å². The molecule has 172 valence electrons. The summed E-state index contributed by atoms with van der Waals surface area (Å²) in [6.07, 6.45) is 1.38. The Morgan fingerprint density at radius 1 is 1.06 bits per heavy atom. The molecule has 0 fully saturated rings. The monoisotopic (exact) mass is 440 g/mol. The molecule has 32 heavy (non-hydrogen) atoms. The average molecular weight is 441 g/mol. The van der Waals surface area contributed by atoms with Crippen LogP contribution < -0.4 is 19.5 Å². The summed E-state index contributed by atoms with van der Waals surface area (Å²) < 4.78 is 16.5. The molecular weight excluding hydrogens is 408 g/mol. The molecule has 1 aliphatic heterocycles. The van der Waals surface area contributed by atoms with Gasteiger partial charge in [-0.2, -0.15) is 0 Å². The Balaban J connectivity index is 1.76. The molecule has 2 amide bonds. The van der Waals surface area contributed by atoms with Crippen molar-refractivity contribution in [3.8, 4) is 17.2 Å². The molecule has 7 heteroatoms. The molecule has 7 nitrogen and oxygen atoms in total. The minimum absolute atomic E-state index is 0.0687. The first-order valence-corrected chi connectivity index (χ1v) is 11.1. The SMILES string of the molecule is CCNC(=O)C(CC)N(Cc1cccc(OC)c1)C(=O)CCc1ccc2c(c1)OCCO2. The fourth-order valence-electron chi connectivity index (χ4n) is 3.82. The minimum Gasteiger partial charge on any atom is -0.497 e. The Hall–Kier alpha value is -3.22. The number of hydrogen-bond acceptors (Lipinski definition) is 5. The first kappa shape index (κ1) is 23.4. The van der Waals surface area contributed by atoms with Crippen molar-refractivity contribution in [3.05, 3.63) is 53.6 Å². The van der Waals surface area contributed by atoms with Crippen LogP contribution in [0.1, 0.15) is 37.8 Å². The van der Waals surface area contributed by atoms with Crippen LogP contribution in [-0.2, 0) is 22.6 Å². The van der Waals surface area contributed by atoms with E-state index in [1.165, 1.54) is 0 Å². The van der Waals surface area contributed by atoms with Crippen LogP contribution in [0.2, 0.25) is 0 Å². The number of fused-ring (bicyclic) bond motifs is 1. The second kappa shape index (κ2) is 11.4. The van der Waals surface area contributed by atoms with Gasteiger partial charge in [-0.15, -0.1) is 0 Å². The lowest BCUT2D eigenvalue weighted by Crippen LogP contribution is -2.49. The summed E-state index contributed by atoms with van der Waals surface area (Å²) in [5, 5.41) is 2.86. The lowest BCUT2D eigenvalue weighted by molar-refractivity contribution is -0.141. The first-order chi connectivity index (χ1) is 15.5. The highest BCUT2D eigenvalue weighted by molar-refractivity contribution is 5.87. The van der Waals surface area contributed by atoms with Gasteiger partial charge >= 0.3 is 0 Å². The van der Waals surface area contributed by atoms with Crippen molar-refractivity contribution in [3.63, 3.8) is 0 Å². The van der Waals surface area contributed by atoms with Gasteiger partial charge in [-0.25, -0.2) is 0 Å². The second-order valence-corrected chi connectivity index (χ2v) is 7.67. The van der Waals surface area contributed by atoms with Crippen LogP contribution in [0.15, 0.2) is 42.5 Å². The van der Waals surface area contributed by atoms with Crippen molar-refractivity contribution in [2.75, 3.05) is 26.9 Å². The zero-order valence-corrected chi connectivity index (χ0v) is 19.1. The second-order valence-electron chi connectivity index (χ2n) is 7.67. The molecule has 0 saturated carbocycles. The molecule has 1 unspecified atom stereocenters. The molecule has 3 rings (SSSR count). The third-order valence-electron chi connectivity index (χ3n) is 5.46. The van der Waals surface area contributed by atoms with Crippen molar-refractivity contribution >= 4 is 11.8 Å². The zero-order valence-electron chi connectivity index (χ0n) is 19.1. The van der Waals surface area contributed by atoms with Gasteiger partial charge in [-0.1, -0.05) is 25.1 Å². The van der Waals surface area contributed by atoms with Crippen molar-refractivity contribution < 1.29 is 23.8 Å². The normalized spacial score (nSPS) is 13.2. The van der Waals surface area contributed by atoms with E-state index in [1.54, 1.807) is 12.0 Å². The number of nitrogens with one attached hydrogen (secondary N) is 1. The van der Waals surface area contributed by atoms with Crippen molar-refractivity contribution in [1.29, 1.82) is 0 Å². The largest absolute Gasteiger partial charge is 0.497 e. The number of hydrogen-bond donors (Lipinski definition) is 1. The van der Waals surface area contributed by atoms with Crippen LogP contribution in [0.5, 0.6) is 17.2 Å². The van der Waals surface area contributed by atoms with Gasteiger partial charge in [0.25, 0.3) is 0 Å². The highest BCUT2D eigenvalue weighted by Gasteiger charge is 2.28. The standard InChI is InChI=1S/C25H32N2O5/c1-4-21(25(29)26-5-2)27(17-19-7-6-8-20(15-19)30-3)24(28)12-10-18-9-11-22-23(16-18)32-14-13-31-22/h6-9,11,15-16,21H,4-5,10,12-14,17H2,1-3H3,(H,26,29). The van der Waals surface area contributed by atoms with Gasteiger partial charge in [0.1, 0.15) is 25.0 Å². The number of methoxy groups -OCH3 is 1. The van der Waals surface area contributed by atoms with Crippen LogP contribution in [0.4, 0.5) is 0 Å². The summed E-state index contributed by atoms with van der Waals surface area (Å²) in [6.45, 7) is 5.73. The number of likely N-dealkylation sites (N-methyl/N-ethyl adjacent to an activating group) is 1. The maximum atomic E-state index is 13.3. The van der Waals surface area contributed by atoms with E-state index in [2.05, 4.69) is 5.32 Å². The predicted molar refractivity (Wildman–Crippen MR) is 122 cm³/mol. The van der Waals surface area contributed by atoms with Gasteiger partial charge in [0.05, 0.1) is 7.11 Å². The van der Waals surface area contributed by atoms with Crippen LogP contribution in [0.25, 0.3) is 0 Å². The summed E-state index contributed by atoms with van der Waals surface area (Å²) in [7, 11) is 1.61. The number of aryl methyl sites for hydroxylation is 1. The van der Waals surface area contributed by atoms with E-state index in [4.69, 9.17) is 14.2 Å². The third kappa shape index (κ3) is 5.93. The first-order valence-electron chi connectivity index (χ1n) is 11.1. The molecule has 1 N–H and O–H groups in total. The molecule has 0 radical (unpaired) electrons. The number of ether oxygens (including phenoxy) is 3. The molecule has 0 bridgehead atoms. The number of amides is 2. The van der Waals surface area contributed by atoms with E-state index in [0.29, 0.717) is 51.3 Å². The number of carbonyl (C=O) groups excluding carboxylic acids is 2. The predicted octanol–water partition coefficient (Wildman–Crippen LogP) is 3.34. The van der Waals surface area contributed by atoms with E-state index in [-0.39, 0.29) is 11.8 Å². The minimum atomic E-state index is -0.533. The number of nitrogens with zero attached hydrogens (tertiary/aromatic N) is 1. The van der Waals surface area contributed by atoms with Crippen LogP contribution >= 0.6 is 0 Å². The molecule has 1 heterocycles. The molecule has 0 spiro atoms. The molecular formula is C25H32N2O5. The highest BCUT2D eigenvalue weighted by Crippen LogP contribution is 2.31. The fourth-order valence-corrected chi connectivity index (χ4v) is 3.82. The summed E-state index contributed by atoms with van der Waals surface area (Å²) in [5.41, 5.74) is 1.91. The molecule has 0 aromatic heterocycles. The Labute approximate surface area is 189 Å². The highest BCUT2D eigenvalue weighted by atomic mass is 16.6. The lowest BCUT2D eigenvalue weighted by Gasteiger charge is -2.30. The molecule has 1 aliphatic rings. The molecule has 2 aromatic rings. The fraction of sp³-hybridized carbons (Fsp3) is 0.440. The van der Waals surface area contributed by atoms with Gasteiger partial charge in [0.2, 0.25) is 11.8 Å². The van der Waals surface area contributed by atoms with E-state index < -0.39 is 6.04 Å². The van der Waals surface area contributed by atoms with E-state index >= 15 is 0 Å². The number of carbonyl (C=O) groups is 2. The summed E-state index contributed by atoms with van der Waals surface area (Å²) in [5.74, 6) is 1.96. The molecule has 1 atom stereocenters. The quantitative estimate of drug-likeness (QED) is 0.613. The van der Waals surface area contributed by atoms with Gasteiger partial charge in [0.15, 0.2) is 11.5 Å². The van der Waals surface area contributed by atoms with Crippen LogP contribution in [-0.4, -0.2) is 49.6 Å². The smallest absolute Gasteiger partial charge is 0.242 e. The van der Waals surface area contributed by atoms with Crippen LogP contribution in [0, 0.1) is 0 Å². The van der Waals surface area contributed by atoms with E-state index in [1.807, 2.05) is 56.3 Å². The van der Waals surface area contributed by atoms with Crippen LogP contribution in [0.3, 0.4) is 0 Å². The van der Waals surface area contributed by atoms with Gasteiger partial charge < -0.3 is 24.4 Å². The maximum Gasteiger partial charge on any atom is 0.242 e. The van der Waals surface area contributed by atoms with E-state index in [9.17, 15) is 9.59 Å². The average Bonchev–Trinajstić information content (AvgIpc) is 2.82. The van der Waals surface area contributed by atoms with Crippen molar-refractivity contribution in [1.82, 2.24) is 10.2 Å². The van der Waals surface area contributed by atoms with Gasteiger partial charge in [-0.3, -0.25) is 9.59 Å². The number of benzene rings is 2.